The van der Waals surface area contributed by atoms with Crippen LogP contribution in [0.3, 0.4) is 0 Å². The maximum Gasteiger partial charge on any atom is 0.338 e. The number of hydrogen-bond donors (Lipinski definition) is 2. The Kier molecular flexibility index (Phi) is 5.35. The van der Waals surface area contributed by atoms with Gasteiger partial charge < -0.3 is 15.2 Å². The molecule has 1 heterocycles. The minimum Gasteiger partial charge on any atom is -0.449 e. The maximum absolute atomic E-state index is 12.4. The molecule has 1 aliphatic rings. The average Bonchev–Trinajstić information content (AvgIpc) is 3.22. The standard InChI is InChI=1S/C19H18N2O4S/c1-11(25-19(24)13-5-2-4-12(8-13)10-22)17(23)21-18-15(9-20)14-6-3-7-16(14)26-18/h2,4-5,8,11,22H,3,6-7,10H2,1H3,(H,21,23)/t11-/m1/s1. The summed E-state index contributed by atoms with van der Waals surface area (Å²) >= 11 is 1.42. The molecule has 1 amide bonds. The first-order valence-corrected chi connectivity index (χ1v) is 9.11. The number of fused-ring (bicyclic) bond motifs is 1. The van der Waals surface area contributed by atoms with Gasteiger partial charge in [-0.25, -0.2) is 4.79 Å². The third-order valence-electron chi connectivity index (χ3n) is 4.27. The van der Waals surface area contributed by atoms with Gasteiger partial charge in [-0.05, 0) is 49.4 Å². The molecule has 1 aromatic carbocycles. The van der Waals surface area contributed by atoms with Gasteiger partial charge in [-0.1, -0.05) is 12.1 Å². The number of benzene rings is 1. The Hall–Kier alpha value is -2.69. The molecule has 0 saturated heterocycles. The zero-order chi connectivity index (χ0) is 18.7. The highest BCUT2D eigenvalue weighted by atomic mass is 32.1. The highest BCUT2D eigenvalue weighted by molar-refractivity contribution is 7.16. The van der Waals surface area contributed by atoms with E-state index in [1.54, 1.807) is 18.2 Å². The topological polar surface area (TPSA) is 99.4 Å². The quantitative estimate of drug-likeness (QED) is 0.789. The Morgan fingerprint density at radius 3 is 2.96 bits per heavy atom. The fraction of sp³-hybridized carbons (Fsp3) is 0.316. The molecule has 134 valence electrons. The van der Waals surface area contributed by atoms with Gasteiger partial charge in [-0.3, -0.25) is 4.79 Å². The maximum atomic E-state index is 12.4. The number of nitrogens with zero attached hydrogens (tertiary/aromatic N) is 1. The minimum atomic E-state index is -1.01. The van der Waals surface area contributed by atoms with E-state index in [0.29, 0.717) is 16.1 Å². The number of ether oxygens (including phenoxy) is 1. The van der Waals surface area contributed by atoms with Gasteiger partial charge in [-0.15, -0.1) is 11.3 Å². The summed E-state index contributed by atoms with van der Waals surface area (Å²) in [5.74, 6) is -1.12. The van der Waals surface area contributed by atoms with E-state index < -0.39 is 18.0 Å². The molecular formula is C19H18N2O4S. The summed E-state index contributed by atoms with van der Waals surface area (Å²) in [6.45, 7) is 1.30. The Morgan fingerprint density at radius 1 is 1.42 bits per heavy atom. The van der Waals surface area contributed by atoms with Crippen LogP contribution in [0, 0.1) is 11.3 Å². The average molecular weight is 370 g/mol. The number of aliphatic hydroxyl groups is 1. The first kappa shape index (κ1) is 18.1. The number of nitriles is 1. The van der Waals surface area contributed by atoms with Crippen molar-refractivity contribution in [3.8, 4) is 6.07 Å². The van der Waals surface area contributed by atoms with Crippen molar-refractivity contribution < 1.29 is 19.4 Å². The predicted octanol–water partition coefficient (Wildman–Crippen LogP) is 2.78. The summed E-state index contributed by atoms with van der Waals surface area (Å²) in [5, 5.41) is 21.7. The number of carbonyl (C=O) groups is 2. The lowest BCUT2D eigenvalue weighted by Gasteiger charge is -2.13. The summed E-state index contributed by atoms with van der Waals surface area (Å²) in [6.07, 6.45) is 1.81. The molecular weight excluding hydrogens is 352 g/mol. The number of thiophene rings is 1. The molecule has 2 N–H and O–H groups in total. The van der Waals surface area contributed by atoms with Crippen molar-refractivity contribution in [2.24, 2.45) is 0 Å². The van der Waals surface area contributed by atoms with Crippen LogP contribution in [0.15, 0.2) is 24.3 Å². The van der Waals surface area contributed by atoms with Gasteiger partial charge in [0.25, 0.3) is 5.91 Å². The van der Waals surface area contributed by atoms with Crippen LogP contribution in [0.5, 0.6) is 0 Å². The van der Waals surface area contributed by atoms with E-state index >= 15 is 0 Å². The van der Waals surface area contributed by atoms with E-state index in [1.807, 2.05) is 0 Å². The largest absolute Gasteiger partial charge is 0.449 e. The number of aliphatic hydroxyl groups excluding tert-OH is 1. The molecule has 0 fully saturated rings. The van der Waals surface area contributed by atoms with Crippen molar-refractivity contribution in [3.63, 3.8) is 0 Å². The molecule has 0 spiro atoms. The number of rotatable bonds is 5. The Morgan fingerprint density at radius 2 is 2.23 bits per heavy atom. The van der Waals surface area contributed by atoms with E-state index in [1.165, 1.54) is 24.3 Å². The predicted molar refractivity (Wildman–Crippen MR) is 96.9 cm³/mol. The van der Waals surface area contributed by atoms with Crippen molar-refractivity contribution >= 4 is 28.2 Å². The molecule has 0 bridgehead atoms. The lowest BCUT2D eigenvalue weighted by Crippen LogP contribution is -2.30. The molecule has 1 aliphatic carbocycles. The fourth-order valence-corrected chi connectivity index (χ4v) is 4.15. The third kappa shape index (κ3) is 3.62. The molecule has 26 heavy (non-hydrogen) atoms. The van der Waals surface area contributed by atoms with Crippen LogP contribution in [0.2, 0.25) is 0 Å². The highest BCUT2D eigenvalue weighted by Gasteiger charge is 2.25. The molecule has 0 saturated carbocycles. The van der Waals surface area contributed by atoms with E-state index in [9.17, 15) is 14.9 Å². The smallest absolute Gasteiger partial charge is 0.338 e. The van der Waals surface area contributed by atoms with Gasteiger partial charge in [-0.2, -0.15) is 5.26 Å². The first-order chi connectivity index (χ1) is 12.5. The van der Waals surface area contributed by atoms with E-state index in [0.717, 1.165) is 29.7 Å². The van der Waals surface area contributed by atoms with E-state index in [4.69, 9.17) is 9.84 Å². The van der Waals surface area contributed by atoms with Crippen LogP contribution in [-0.4, -0.2) is 23.1 Å². The normalized spacial score (nSPS) is 13.6. The molecule has 2 aromatic rings. The van der Waals surface area contributed by atoms with Crippen molar-refractivity contribution in [2.45, 2.75) is 38.9 Å². The summed E-state index contributed by atoms with van der Waals surface area (Å²) in [6, 6.07) is 8.57. The number of aryl methyl sites for hydroxylation is 1. The van der Waals surface area contributed by atoms with Gasteiger partial charge in [0.05, 0.1) is 17.7 Å². The molecule has 0 aliphatic heterocycles. The lowest BCUT2D eigenvalue weighted by atomic mass is 10.1. The Labute approximate surface area is 155 Å². The SMILES string of the molecule is C[C@@H](OC(=O)c1cccc(CO)c1)C(=O)Nc1sc2c(c1C#N)CCC2. The van der Waals surface area contributed by atoms with Crippen molar-refractivity contribution in [3.05, 3.63) is 51.4 Å². The summed E-state index contributed by atoms with van der Waals surface area (Å²) in [5.41, 5.74) is 2.40. The molecule has 7 heteroatoms. The first-order valence-electron chi connectivity index (χ1n) is 8.29. The fourth-order valence-electron chi connectivity index (χ4n) is 2.90. The number of esters is 1. The van der Waals surface area contributed by atoms with Gasteiger partial charge in [0.1, 0.15) is 11.1 Å². The number of anilines is 1. The van der Waals surface area contributed by atoms with Gasteiger partial charge in [0.2, 0.25) is 0 Å². The number of hydrogen-bond acceptors (Lipinski definition) is 6. The van der Waals surface area contributed by atoms with Crippen molar-refractivity contribution in [1.29, 1.82) is 5.26 Å². The van der Waals surface area contributed by atoms with Gasteiger partial charge in [0, 0.05) is 4.88 Å². The van der Waals surface area contributed by atoms with E-state index in [2.05, 4.69) is 11.4 Å². The van der Waals surface area contributed by atoms with Crippen molar-refractivity contribution in [1.82, 2.24) is 0 Å². The van der Waals surface area contributed by atoms with Crippen LogP contribution in [0.1, 0.15) is 45.3 Å². The van der Waals surface area contributed by atoms with Crippen LogP contribution in [-0.2, 0) is 29.0 Å². The van der Waals surface area contributed by atoms with Crippen LogP contribution in [0.25, 0.3) is 0 Å². The molecule has 3 rings (SSSR count). The lowest BCUT2D eigenvalue weighted by molar-refractivity contribution is -0.123. The zero-order valence-electron chi connectivity index (χ0n) is 14.2. The van der Waals surface area contributed by atoms with Crippen LogP contribution >= 0.6 is 11.3 Å². The highest BCUT2D eigenvalue weighted by Crippen LogP contribution is 2.38. The molecule has 6 nitrogen and oxygen atoms in total. The molecule has 1 aromatic heterocycles. The second-order valence-electron chi connectivity index (χ2n) is 6.07. The monoisotopic (exact) mass is 370 g/mol. The molecule has 0 radical (unpaired) electrons. The molecule has 0 unspecified atom stereocenters. The van der Waals surface area contributed by atoms with Crippen molar-refractivity contribution in [2.75, 3.05) is 5.32 Å². The summed E-state index contributed by atoms with van der Waals surface area (Å²) in [7, 11) is 0. The second kappa shape index (κ2) is 7.68. The zero-order valence-corrected chi connectivity index (χ0v) is 15.1. The Bertz CT molecular complexity index is 897. The third-order valence-corrected chi connectivity index (χ3v) is 5.48. The van der Waals surface area contributed by atoms with Crippen LogP contribution in [0.4, 0.5) is 5.00 Å². The van der Waals surface area contributed by atoms with Crippen LogP contribution < -0.4 is 5.32 Å². The summed E-state index contributed by atoms with van der Waals surface area (Å²) < 4.78 is 5.21. The van der Waals surface area contributed by atoms with Gasteiger partial charge >= 0.3 is 5.97 Å². The number of amides is 1. The molecule has 1 atom stereocenters. The Balaban J connectivity index is 1.67. The van der Waals surface area contributed by atoms with E-state index in [-0.39, 0.29) is 12.2 Å². The number of carbonyl (C=O) groups excluding carboxylic acids is 2. The minimum absolute atomic E-state index is 0.183. The van der Waals surface area contributed by atoms with Gasteiger partial charge in [0.15, 0.2) is 6.10 Å². The second-order valence-corrected chi connectivity index (χ2v) is 7.17. The summed E-state index contributed by atoms with van der Waals surface area (Å²) in [4.78, 5) is 25.7. The number of nitrogens with one attached hydrogen (secondary N) is 1.